The minimum atomic E-state index is -0.683. The fourth-order valence-corrected chi connectivity index (χ4v) is 3.89. The predicted octanol–water partition coefficient (Wildman–Crippen LogP) is 2.65. The van der Waals surface area contributed by atoms with Crippen molar-refractivity contribution in [1.82, 2.24) is 9.80 Å². The van der Waals surface area contributed by atoms with Crippen molar-refractivity contribution in [2.24, 2.45) is 11.7 Å². The molecule has 1 saturated heterocycles. The number of hydrogen-bond acceptors (Lipinski definition) is 3. The van der Waals surface area contributed by atoms with Gasteiger partial charge in [-0.25, -0.2) is 0 Å². The van der Waals surface area contributed by atoms with Crippen LogP contribution in [-0.4, -0.2) is 53.5 Å². The summed E-state index contributed by atoms with van der Waals surface area (Å²) >= 11 is 0. The number of carbonyl (C=O) groups is 1. The maximum atomic E-state index is 12.5. The van der Waals surface area contributed by atoms with E-state index in [4.69, 9.17) is 5.73 Å². The predicted molar refractivity (Wildman–Crippen MR) is 94.3 cm³/mol. The summed E-state index contributed by atoms with van der Waals surface area (Å²) in [7, 11) is 0. The fourth-order valence-electron chi connectivity index (χ4n) is 3.89. The lowest BCUT2D eigenvalue weighted by molar-refractivity contribution is -0.139. The Labute approximate surface area is 142 Å². The van der Waals surface area contributed by atoms with Crippen LogP contribution >= 0.6 is 12.4 Å². The van der Waals surface area contributed by atoms with Gasteiger partial charge in [-0.2, -0.15) is 0 Å². The zero-order valence-corrected chi connectivity index (χ0v) is 15.3. The van der Waals surface area contributed by atoms with Gasteiger partial charge in [0.15, 0.2) is 0 Å². The Balaban J connectivity index is 0.00000242. The van der Waals surface area contributed by atoms with Gasteiger partial charge in [0.05, 0.1) is 5.54 Å². The Morgan fingerprint density at radius 2 is 1.68 bits per heavy atom. The van der Waals surface area contributed by atoms with Crippen LogP contribution in [0.4, 0.5) is 0 Å². The van der Waals surface area contributed by atoms with Crippen molar-refractivity contribution in [3.8, 4) is 0 Å². The van der Waals surface area contributed by atoms with Crippen LogP contribution in [0, 0.1) is 5.92 Å². The third-order valence-corrected chi connectivity index (χ3v) is 5.36. The summed E-state index contributed by atoms with van der Waals surface area (Å²) in [6.07, 6.45) is 7.12. The van der Waals surface area contributed by atoms with Crippen LogP contribution in [0.1, 0.15) is 59.3 Å². The number of nitrogens with two attached hydrogens (primary N) is 1. The highest BCUT2D eigenvalue weighted by Crippen LogP contribution is 2.28. The normalized spacial score (nSPS) is 29.5. The maximum absolute atomic E-state index is 12.5. The molecule has 0 radical (unpaired) electrons. The molecule has 1 atom stereocenters. The summed E-state index contributed by atoms with van der Waals surface area (Å²) in [5, 5.41) is 0. The van der Waals surface area contributed by atoms with Crippen LogP contribution in [0.3, 0.4) is 0 Å². The number of hydrogen-bond donors (Lipinski definition) is 1. The first-order chi connectivity index (χ1) is 9.94. The molecular formula is C17H34ClN3O. The molecule has 1 saturated carbocycles. The van der Waals surface area contributed by atoms with Gasteiger partial charge in [0.2, 0.25) is 5.91 Å². The molecule has 1 aliphatic heterocycles. The molecular weight excluding hydrogens is 298 g/mol. The molecule has 1 unspecified atom stereocenters. The summed E-state index contributed by atoms with van der Waals surface area (Å²) in [5.41, 5.74) is 5.51. The molecule has 5 heteroatoms. The SMILES string of the molecule is CCCC(C)(N)C(=O)N1CCN(C2CCC(C)CC2)CC1.Cl. The van der Waals surface area contributed by atoms with Gasteiger partial charge in [0, 0.05) is 32.2 Å². The molecule has 1 heterocycles. The number of carbonyl (C=O) groups excluding carboxylic acids is 1. The number of piperazine rings is 1. The van der Waals surface area contributed by atoms with Crippen molar-refractivity contribution < 1.29 is 4.79 Å². The number of rotatable bonds is 4. The summed E-state index contributed by atoms with van der Waals surface area (Å²) in [6, 6.07) is 0.748. The monoisotopic (exact) mass is 331 g/mol. The first-order valence-electron chi connectivity index (χ1n) is 8.76. The molecule has 130 valence electrons. The third kappa shape index (κ3) is 4.84. The topological polar surface area (TPSA) is 49.6 Å². The molecule has 2 rings (SSSR count). The second-order valence-electron chi connectivity index (χ2n) is 7.41. The zero-order valence-electron chi connectivity index (χ0n) is 14.5. The third-order valence-electron chi connectivity index (χ3n) is 5.36. The molecule has 0 spiro atoms. The first kappa shape index (κ1) is 19.7. The van der Waals surface area contributed by atoms with Crippen molar-refractivity contribution in [2.75, 3.05) is 26.2 Å². The maximum Gasteiger partial charge on any atom is 0.242 e. The summed E-state index contributed by atoms with van der Waals surface area (Å²) < 4.78 is 0. The molecule has 0 aromatic carbocycles. The Morgan fingerprint density at radius 3 is 2.18 bits per heavy atom. The van der Waals surface area contributed by atoms with Gasteiger partial charge < -0.3 is 10.6 Å². The van der Waals surface area contributed by atoms with E-state index in [1.54, 1.807) is 0 Å². The standard InChI is InChI=1S/C17H33N3O.ClH/c1-4-9-17(3,18)16(21)20-12-10-19(11-13-20)15-7-5-14(2)6-8-15;/h14-15H,4-13,18H2,1-3H3;1H. The van der Waals surface area contributed by atoms with Gasteiger partial charge in [-0.3, -0.25) is 9.69 Å². The fraction of sp³-hybridized carbons (Fsp3) is 0.941. The van der Waals surface area contributed by atoms with Crippen LogP contribution in [0.15, 0.2) is 0 Å². The van der Waals surface area contributed by atoms with Crippen LogP contribution in [-0.2, 0) is 4.79 Å². The molecule has 2 aliphatic rings. The van der Waals surface area contributed by atoms with Gasteiger partial charge >= 0.3 is 0 Å². The van der Waals surface area contributed by atoms with E-state index in [0.29, 0.717) is 0 Å². The minimum absolute atomic E-state index is 0. The second-order valence-corrected chi connectivity index (χ2v) is 7.41. The van der Waals surface area contributed by atoms with Gasteiger partial charge in [-0.1, -0.05) is 20.3 Å². The van der Waals surface area contributed by atoms with E-state index in [0.717, 1.165) is 51.0 Å². The molecule has 1 aliphatic carbocycles. The molecule has 1 amide bonds. The quantitative estimate of drug-likeness (QED) is 0.861. The second kappa shape index (κ2) is 8.51. The average molecular weight is 332 g/mol. The highest BCUT2D eigenvalue weighted by Gasteiger charge is 2.34. The summed E-state index contributed by atoms with van der Waals surface area (Å²) in [5.74, 6) is 1.04. The van der Waals surface area contributed by atoms with E-state index >= 15 is 0 Å². The van der Waals surface area contributed by atoms with Gasteiger partial charge in [-0.05, 0) is 44.9 Å². The average Bonchev–Trinajstić information content (AvgIpc) is 2.47. The van der Waals surface area contributed by atoms with Gasteiger partial charge in [0.25, 0.3) is 0 Å². The number of nitrogens with zero attached hydrogens (tertiary/aromatic N) is 2. The molecule has 0 aromatic heterocycles. The van der Waals surface area contributed by atoms with E-state index < -0.39 is 5.54 Å². The van der Waals surface area contributed by atoms with Crippen LogP contribution in [0.25, 0.3) is 0 Å². The molecule has 22 heavy (non-hydrogen) atoms. The Hall–Kier alpha value is -0.320. The minimum Gasteiger partial charge on any atom is -0.339 e. The van der Waals surface area contributed by atoms with Crippen LogP contribution in [0.2, 0.25) is 0 Å². The first-order valence-corrected chi connectivity index (χ1v) is 8.76. The lowest BCUT2D eigenvalue weighted by Gasteiger charge is -2.43. The molecule has 4 nitrogen and oxygen atoms in total. The summed E-state index contributed by atoms with van der Waals surface area (Å²) in [6.45, 7) is 10.1. The zero-order chi connectivity index (χ0) is 15.5. The van der Waals surface area contributed by atoms with Crippen LogP contribution < -0.4 is 5.73 Å². The van der Waals surface area contributed by atoms with E-state index in [2.05, 4.69) is 18.7 Å². The lowest BCUT2D eigenvalue weighted by atomic mass is 9.86. The number of halogens is 1. The molecule has 0 aromatic rings. The van der Waals surface area contributed by atoms with Gasteiger partial charge in [0.1, 0.15) is 0 Å². The van der Waals surface area contributed by atoms with E-state index in [-0.39, 0.29) is 18.3 Å². The molecule has 0 bridgehead atoms. The Kier molecular flexibility index (Phi) is 7.63. The van der Waals surface area contributed by atoms with E-state index in [1.807, 2.05) is 11.8 Å². The van der Waals surface area contributed by atoms with Crippen molar-refractivity contribution in [3.63, 3.8) is 0 Å². The summed E-state index contributed by atoms with van der Waals surface area (Å²) in [4.78, 5) is 17.1. The Morgan fingerprint density at radius 1 is 1.14 bits per heavy atom. The lowest BCUT2D eigenvalue weighted by Crippen LogP contribution is -2.59. The smallest absolute Gasteiger partial charge is 0.242 e. The molecule has 2 fully saturated rings. The van der Waals surface area contributed by atoms with E-state index in [1.165, 1.54) is 25.7 Å². The Bertz CT molecular complexity index is 346. The van der Waals surface area contributed by atoms with Gasteiger partial charge in [-0.15, -0.1) is 12.4 Å². The molecule has 2 N–H and O–H groups in total. The van der Waals surface area contributed by atoms with Crippen molar-refractivity contribution in [1.29, 1.82) is 0 Å². The van der Waals surface area contributed by atoms with Crippen molar-refractivity contribution in [2.45, 2.75) is 70.9 Å². The highest BCUT2D eigenvalue weighted by molar-refractivity contribution is 5.86. The van der Waals surface area contributed by atoms with Crippen molar-refractivity contribution >= 4 is 18.3 Å². The largest absolute Gasteiger partial charge is 0.339 e. The van der Waals surface area contributed by atoms with E-state index in [9.17, 15) is 4.79 Å². The number of amides is 1. The van der Waals surface area contributed by atoms with Crippen LogP contribution in [0.5, 0.6) is 0 Å². The van der Waals surface area contributed by atoms with Crippen molar-refractivity contribution in [3.05, 3.63) is 0 Å². The highest BCUT2D eigenvalue weighted by atomic mass is 35.5.